The second-order valence-electron chi connectivity index (χ2n) is 7.15. The average Bonchev–Trinajstić information content (AvgIpc) is 3.01. The summed E-state index contributed by atoms with van der Waals surface area (Å²) in [7, 11) is 1.62. The van der Waals surface area contributed by atoms with Crippen molar-refractivity contribution in [3.05, 3.63) is 53.2 Å². The average molecular weight is 393 g/mol. The molecule has 0 saturated carbocycles. The van der Waals surface area contributed by atoms with Crippen molar-refractivity contribution < 1.29 is 23.1 Å². The summed E-state index contributed by atoms with van der Waals surface area (Å²) in [5.74, 6) is -0.265. The Morgan fingerprint density at radius 1 is 1.25 bits per heavy atom. The minimum absolute atomic E-state index is 0.0415. The molecule has 1 aliphatic rings. The Kier molecular flexibility index (Phi) is 5.34. The maximum atomic E-state index is 13.2. The third kappa shape index (κ3) is 4.11. The van der Waals surface area contributed by atoms with E-state index in [1.165, 1.54) is 16.7 Å². The van der Waals surface area contributed by atoms with Crippen molar-refractivity contribution in [2.75, 3.05) is 23.4 Å². The third-order valence-electron chi connectivity index (χ3n) is 4.85. The van der Waals surface area contributed by atoms with Gasteiger partial charge in [-0.3, -0.25) is 4.79 Å². The summed E-state index contributed by atoms with van der Waals surface area (Å²) in [5.41, 5.74) is 1.04. The van der Waals surface area contributed by atoms with Crippen molar-refractivity contribution in [3.8, 4) is 0 Å². The van der Waals surface area contributed by atoms with E-state index in [1.807, 2.05) is 25.1 Å². The number of nitrogens with zero attached hydrogens (tertiary/aromatic N) is 3. The molecular formula is C20H22F3N3O2. The van der Waals surface area contributed by atoms with Crippen LogP contribution in [0.15, 0.2) is 36.4 Å². The van der Waals surface area contributed by atoms with Gasteiger partial charge in [0.2, 0.25) is 5.91 Å². The van der Waals surface area contributed by atoms with E-state index in [4.69, 9.17) is 0 Å². The lowest BCUT2D eigenvalue weighted by molar-refractivity contribution is -0.137. The van der Waals surface area contributed by atoms with Crippen molar-refractivity contribution >= 4 is 17.4 Å². The molecule has 1 fully saturated rings. The van der Waals surface area contributed by atoms with E-state index in [0.717, 1.165) is 17.7 Å². The van der Waals surface area contributed by atoms with E-state index in [0.29, 0.717) is 5.69 Å². The van der Waals surface area contributed by atoms with Crippen LogP contribution >= 0.6 is 0 Å². The molecule has 5 nitrogen and oxygen atoms in total. The van der Waals surface area contributed by atoms with Crippen LogP contribution in [0.3, 0.4) is 0 Å². The number of β-amino-alcohol motifs (C(OH)–C–C–N with tert-alkyl or cyclic N) is 1. The van der Waals surface area contributed by atoms with Crippen molar-refractivity contribution in [1.29, 1.82) is 0 Å². The first kappa shape index (κ1) is 20.1. The molecule has 2 atom stereocenters. The summed E-state index contributed by atoms with van der Waals surface area (Å²) >= 11 is 0. The molecule has 1 aliphatic heterocycles. The van der Waals surface area contributed by atoms with Gasteiger partial charge in [0, 0.05) is 31.4 Å². The van der Waals surface area contributed by atoms with Gasteiger partial charge in [0.1, 0.15) is 11.9 Å². The molecule has 0 radical (unpaired) electrons. The SMILES string of the molecule is Cc1cccc(N(C)C(=O)C2CC(O)CN2c2cc(C(F)(F)F)cc(C)n2)c1. The Balaban J connectivity index is 1.93. The van der Waals surface area contributed by atoms with Crippen LogP contribution in [0.2, 0.25) is 0 Å². The van der Waals surface area contributed by atoms with E-state index in [2.05, 4.69) is 4.98 Å². The van der Waals surface area contributed by atoms with Gasteiger partial charge in [-0.1, -0.05) is 12.1 Å². The van der Waals surface area contributed by atoms with Crippen molar-refractivity contribution in [2.24, 2.45) is 0 Å². The molecule has 1 N–H and O–H groups in total. The highest BCUT2D eigenvalue weighted by atomic mass is 19.4. The van der Waals surface area contributed by atoms with Crippen LogP contribution in [0, 0.1) is 13.8 Å². The third-order valence-corrected chi connectivity index (χ3v) is 4.85. The van der Waals surface area contributed by atoms with Crippen LogP contribution in [0.4, 0.5) is 24.7 Å². The monoisotopic (exact) mass is 393 g/mol. The molecule has 2 heterocycles. The lowest BCUT2D eigenvalue weighted by Crippen LogP contribution is -2.44. The molecule has 28 heavy (non-hydrogen) atoms. The van der Waals surface area contributed by atoms with Gasteiger partial charge in [0.05, 0.1) is 11.7 Å². The van der Waals surface area contributed by atoms with E-state index >= 15 is 0 Å². The van der Waals surface area contributed by atoms with Gasteiger partial charge in [-0.25, -0.2) is 4.98 Å². The van der Waals surface area contributed by atoms with Crippen molar-refractivity contribution in [1.82, 2.24) is 4.98 Å². The smallest absolute Gasteiger partial charge is 0.391 e. The van der Waals surface area contributed by atoms with Gasteiger partial charge in [0.25, 0.3) is 0 Å². The molecule has 0 aliphatic carbocycles. The highest BCUT2D eigenvalue weighted by Gasteiger charge is 2.40. The number of aromatic nitrogens is 1. The predicted octanol–water partition coefficient (Wildman–Crippen LogP) is 3.32. The summed E-state index contributed by atoms with van der Waals surface area (Å²) in [4.78, 5) is 20.2. The van der Waals surface area contributed by atoms with Crippen molar-refractivity contribution in [3.63, 3.8) is 0 Å². The fourth-order valence-electron chi connectivity index (χ4n) is 3.45. The lowest BCUT2D eigenvalue weighted by Gasteiger charge is -2.29. The normalized spacial score (nSPS) is 19.8. The van der Waals surface area contributed by atoms with Crippen LogP contribution < -0.4 is 9.80 Å². The number of benzene rings is 1. The minimum atomic E-state index is -4.52. The van der Waals surface area contributed by atoms with E-state index in [-0.39, 0.29) is 30.4 Å². The number of hydrogen-bond acceptors (Lipinski definition) is 4. The first-order valence-corrected chi connectivity index (χ1v) is 8.91. The number of rotatable bonds is 3. The molecule has 150 valence electrons. The van der Waals surface area contributed by atoms with E-state index in [1.54, 1.807) is 13.1 Å². The van der Waals surface area contributed by atoms with Crippen LogP contribution in [0.1, 0.15) is 23.2 Å². The number of anilines is 2. The molecular weight excluding hydrogens is 371 g/mol. The molecule has 1 aromatic heterocycles. The number of aliphatic hydroxyl groups excluding tert-OH is 1. The zero-order valence-corrected chi connectivity index (χ0v) is 15.9. The molecule has 8 heteroatoms. The van der Waals surface area contributed by atoms with Crippen molar-refractivity contribution in [2.45, 2.75) is 38.6 Å². The second kappa shape index (κ2) is 7.43. The molecule has 2 unspecified atom stereocenters. The van der Waals surface area contributed by atoms with Crippen LogP contribution in [0.5, 0.6) is 0 Å². The fraction of sp³-hybridized carbons (Fsp3) is 0.400. The van der Waals surface area contributed by atoms with Gasteiger partial charge >= 0.3 is 6.18 Å². The highest BCUT2D eigenvalue weighted by Crippen LogP contribution is 2.34. The number of aliphatic hydroxyl groups is 1. The van der Waals surface area contributed by atoms with E-state index in [9.17, 15) is 23.1 Å². The molecule has 1 saturated heterocycles. The molecule has 1 amide bonds. The van der Waals surface area contributed by atoms with Gasteiger partial charge in [-0.05, 0) is 43.7 Å². The number of carbonyl (C=O) groups excluding carboxylic acids is 1. The fourth-order valence-corrected chi connectivity index (χ4v) is 3.45. The van der Waals surface area contributed by atoms with Gasteiger partial charge < -0.3 is 14.9 Å². The maximum absolute atomic E-state index is 13.2. The Bertz CT molecular complexity index is 885. The standard InChI is InChI=1S/C20H22F3N3O2/c1-12-5-4-6-15(7-12)25(3)19(28)17-10-16(27)11-26(17)18-9-14(20(21,22)23)8-13(2)24-18/h4-9,16-17,27H,10-11H2,1-3H3. The molecule has 0 bridgehead atoms. The largest absolute Gasteiger partial charge is 0.416 e. The Morgan fingerprint density at radius 3 is 2.61 bits per heavy atom. The number of aryl methyl sites for hydroxylation is 2. The lowest BCUT2D eigenvalue weighted by atomic mass is 10.1. The topological polar surface area (TPSA) is 56.7 Å². The number of amides is 1. The van der Waals surface area contributed by atoms with Gasteiger partial charge in [-0.2, -0.15) is 13.2 Å². The van der Waals surface area contributed by atoms with Crippen LogP contribution in [0.25, 0.3) is 0 Å². The van der Waals surface area contributed by atoms with E-state index < -0.39 is 23.9 Å². The number of alkyl halides is 3. The first-order chi connectivity index (χ1) is 13.1. The predicted molar refractivity (Wildman–Crippen MR) is 100 cm³/mol. The number of hydrogen-bond donors (Lipinski definition) is 1. The molecule has 0 spiro atoms. The van der Waals surface area contributed by atoms with Gasteiger partial charge in [0.15, 0.2) is 0 Å². The number of halogens is 3. The zero-order valence-electron chi connectivity index (χ0n) is 15.9. The summed E-state index contributed by atoms with van der Waals surface area (Å²) in [6.07, 6.45) is -5.21. The quantitative estimate of drug-likeness (QED) is 0.869. The highest BCUT2D eigenvalue weighted by molar-refractivity contribution is 5.99. The summed E-state index contributed by atoms with van der Waals surface area (Å²) in [6.45, 7) is 3.43. The van der Waals surface area contributed by atoms with Crippen LogP contribution in [-0.4, -0.2) is 41.7 Å². The first-order valence-electron chi connectivity index (χ1n) is 8.91. The molecule has 3 rings (SSSR count). The number of pyridine rings is 1. The number of likely N-dealkylation sites (N-methyl/N-ethyl adjacent to an activating group) is 1. The Morgan fingerprint density at radius 2 is 1.96 bits per heavy atom. The Labute approximate surface area is 161 Å². The second-order valence-corrected chi connectivity index (χ2v) is 7.15. The summed E-state index contributed by atoms with van der Waals surface area (Å²) < 4.78 is 39.6. The molecule has 1 aromatic carbocycles. The number of carbonyl (C=O) groups is 1. The molecule has 2 aromatic rings. The zero-order chi connectivity index (χ0) is 20.6. The summed E-state index contributed by atoms with van der Waals surface area (Å²) in [6, 6.07) is 8.46. The van der Waals surface area contributed by atoms with Crippen LogP contribution in [-0.2, 0) is 11.0 Å². The maximum Gasteiger partial charge on any atom is 0.416 e. The Hall–Kier alpha value is -2.61. The minimum Gasteiger partial charge on any atom is -0.391 e. The summed E-state index contributed by atoms with van der Waals surface area (Å²) in [5, 5.41) is 10.1. The van der Waals surface area contributed by atoms with Gasteiger partial charge in [-0.15, -0.1) is 0 Å².